The molecule has 2 heterocycles. The third-order valence-corrected chi connectivity index (χ3v) is 6.52. The summed E-state index contributed by atoms with van der Waals surface area (Å²) in [7, 11) is 0. The Morgan fingerprint density at radius 2 is 1.71 bits per heavy atom. The van der Waals surface area contributed by atoms with Crippen LogP contribution in [0.1, 0.15) is 16.8 Å². The van der Waals surface area contributed by atoms with Crippen LogP contribution in [0.5, 0.6) is 0 Å². The fraction of sp³-hybridized carbons (Fsp3) is 0.0741. The smallest absolute Gasteiger partial charge is 0.335 e. The molecule has 0 atom stereocenters. The summed E-state index contributed by atoms with van der Waals surface area (Å²) in [6.45, 7) is 2.52. The van der Waals surface area contributed by atoms with Crippen LogP contribution in [-0.4, -0.2) is 22.4 Å². The summed E-state index contributed by atoms with van der Waals surface area (Å²) in [5.74, 6) is -2.21. The van der Waals surface area contributed by atoms with Gasteiger partial charge in [0.25, 0.3) is 11.8 Å². The Balaban J connectivity index is 1.61. The summed E-state index contributed by atoms with van der Waals surface area (Å²) < 4.78 is 16.9. The van der Waals surface area contributed by atoms with Crippen molar-refractivity contribution in [2.75, 3.05) is 4.90 Å². The largest absolute Gasteiger partial charge is 0.340 e. The number of para-hydroxylation sites is 1. The van der Waals surface area contributed by atoms with Gasteiger partial charge in [-0.1, -0.05) is 52.3 Å². The highest BCUT2D eigenvalue weighted by molar-refractivity contribution is 9.10. The molecule has 0 unspecified atom stereocenters. The Labute approximate surface area is 208 Å². The Kier molecular flexibility index (Phi) is 5.82. The third kappa shape index (κ3) is 4.17. The SMILES string of the molecule is Cc1c(/C=C2\C(=O)NC(=O)N(c3cccc(F)c3)C2=O)c2ccccc2n1Cc1ccc(Br)cc1. The molecular weight excluding hydrogens is 513 g/mol. The number of carbonyl (C=O) groups is 3. The number of nitrogens with one attached hydrogen (secondary N) is 1. The first kappa shape index (κ1) is 22.7. The first-order valence-electron chi connectivity index (χ1n) is 10.8. The van der Waals surface area contributed by atoms with Crippen LogP contribution in [0.15, 0.2) is 82.8 Å². The number of fused-ring (bicyclic) bond motifs is 1. The molecule has 1 aliphatic rings. The summed E-state index contributed by atoms with van der Waals surface area (Å²) in [5.41, 5.74) is 3.43. The van der Waals surface area contributed by atoms with Crippen molar-refractivity contribution in [2.24, 2.45) is 0 Å². The number of aromatic nitrogens is 1. The second-order valence-electron chi connectivity index (χ2n) is 8.17. The molecule has 4 amide bonds. The van der Waals surface area contributed by atoms with Crippen molar-refractivity contribution >= 4 is 56.4 Å². The fourth-order valence-electron chi connectivity index (χ4n) is 4.27. The van der Waals surface area contributed by atoms with Crippen LogP contribution in [-0.2, 0) is 16.1 Å². The maximum absolute atomic E-state index is 13.8. The number of halogens is 2. The lowest BCUT2D eigenvalue weighted by Crippen LogP contribution is -2.54. The molecule has 0 spiro atoms. The van der Waals surface area contributed by atoms with Gasteiger partial charge in [-0.3, -0.25) is 14.9 Å². The molecule has 0 aliphatic carbocycles. The van der Waals surface area contributed by atoms with E-state index in [4.69, 9.17) is 0 Å². The summed E-state index contributed by atoms with van der Waals surface area (Å²) in [6.07, 6.45) is 1.51. The molecule has 4 aromatic rings. The van der Waals surface area contributed by atoms with Crippen LogP contribution in [0.4, 0.5) is 14.9 Å². The maximum atomic E-state index is 13.8. The standard InChI is InChI=1S/C27H19BrFN3O3/c1-16-22(21-7-2-3-8-24(21)31(16)15-17-9-11-18(28)12-10-17)14-23-25(33)30-27(35)32(26(23)34)20-6-4-5-19(29)13-20/h2-14H,15H2,1H3,(H,30,33,35)/b23-14+. The van der Waals surface area contributed by atoms with E-state index in [9.17, 15) is 18.8 Å². The van der Waals surface area contributed by atoms with Gasteiger partial charge in [-0.25, -0.2) is 14.1 Å². The lowest BCUT2D eigenvalue weighted by Gasteiger charge is -2.26. The van der Waals surface area contributed by atoms with Gasteiger partial charge in [0.2, 0.25) is 0 Å². The molecule has 174 valence electrons. The highest BCUT2D eigenvalue weighted by Crippen LogP contribution is 2.30. The van der Waals surface area contributed by atoms with Crippen molar-refractivity contribution in [3.63, 3.8) is 0 Å². The van der Waals surface area contributed by atoms with E-state index in [1.807, 2.05) is 55.5 Å². The van der Waals surface area contributed by atoms with Gasteiger partial charge in [-0.15, -0.1) is 0 Å². The van der Waals surface area contributed by atoms with Gasteiger partial charge in [0.05, 0.1) is 5.69 Å². The van der Waals surface area contributed by atoms with E-state index in [2.05, 4.69) is 25.8 Å². The van der Waals surface area contributed by atoms with Crippen LogP contribution >= 0.6 is 15.9 Å². The average molecular weight is 532 g/mol. The zero-order valence-corrected chi connectivity index (χ0v) is 20.2. The molecule has 0 bridgehead atoms. The molecule has 6 nitrogen and oxygen atoms in total. The molecule has 35 heavy (non-hydrogen) atoms. The van der Waals surface area contributed by atoms with Crippen molar-refractivity contribution < 1.29 is 18.8 Å². The highest BCUT2D eigenvalue weighted by atomic mass is 79.9. The molecule has 0 radical (unpaired) electrons. The Hall–Kier alpha value is -4.04. The summed E-state index contributed by atoms with van der Waals surface area (Å²) in [4.78, 5) is 39.2. The van der Waals surface area contributed by atoms with E-state index < -0.39 is 23.7 Å². The second kappa shape index (κ2) is 8.96. The quantitative estimate of drug-likeness (QED) is 0.276. The van der Waals surface area contributed by atoms with E-state index in [0.29, 0.717) is 12.1 Å². The predicted octanol–water partition coefficient (Wildman–Crippen LogP) is 5.57. The highest BCUT2D eigenvalue weighted by Gasteiger charge is 2.37. The normalized spacial score (nSPS) is 15.2. The number of imide groups is 2. The number of hydrogen-bond donors (Lipinski definition) is 1. The third-order valence-electron chi connectivity index (χ3n) is 5.99. The van der Waals surface area contributed by atoms with E-state index in [0.717, 1.165) is 37.6 Å². The van der Waals surface area contributed by atoms with Gasteiger partial charge < -0.3 is 4.57 Å². The molecule has 5 rings (SSSR count). The number of benzene rings is 3. The van der Waals surface area contributed by atoms with E-state index in [-0.39, 0.29) is 11.3 Å². The number of hydrogen-bond acceptors (Lipinski definition) is 3. The predicted molar refractivity (Wildman–Crippen MR) is 135 cm³/mol. The number of barbiturate groups is 1. The van der Waals surface area contributed by atoms with Gasteiger partial charge >= 0.3 is 6.03 Å². The molecule has 3 aromatic carbocycles. The van der Waals surface area contributed by atoms with Crippen molar-refractivity contribution in [1.82, 2.24) is 9.88 Å². The van der Waals surface area contributed by atoms with Crippen LogP contribution in [0.25, 0.3) is 17.0 Å². The summed E-state index contributed by atoms with van der Waals surface area (Å²) in [5, 5.41) is 3.06. The number of urea groups is 1. The zero-order chi connectivity index (χ0) is 24.7. The van der Waals surface area contributed by atoms with Crippen molar-refractivity contribution in [1.29, 1.82) is 0 Å². The van der Waals surface area contributed by atoms with Gasteiger partial charge in [-0.2, -0.15) is 0 Å². The molecule has 1 N–H and O–H groups in total. The van der Waals surface area contributed by atoms with E-state index >= 15 is 0 Å². The van der Waals surface area contributed by atoms with Crippen LogP contribution < -0.4 is 10.2 Å². The first-order valence-corrected chi connectivity index (χ1v) is 11.6. The van der Waals surface area contributed by atoms with Gasteiger partial charge in [-0.05, 0) is 55.0 Å². The molecular formula is C27H19BrFN3O3. The van der Waals surface area contributed by atoms with E-state index in [1.165, 1.54) is 24.3 Å². The molecule has 8 heteroatoms. The minimum absolute atomic E-state index is 0.0419. The lowest BCUT2D eigenvalue weighted by molar-refractivity contribution is -0.122. The molecule has 0 saturated carbocycles. The van der Waals surface area contributed by atoms with Crippen LogP contribution in [0, 0.1) is 12.7 Å². The molecule has 1 aromatic heterocycles. The lowest BCUT2D eigenvalue weighted by atomic mass is 10.0. The number of amides is 4. The number of anilines is 1. The Morgan fingerprint density at radius 1 is 0.971 bits per heavy atom. The average Bonchev–Trinajstić information content (AvgIpc) is 3.09. The number of nitrogens with zero attached hydrogens (tertiary/aromatic N) is 2. The van der Waals surface area contributed by atoms with Crippen LogP contribution in [0.3, 0.4) is 0 Å². The Bertz CT molecular complexity index is 1540. The van der Waals surface area contributed by atoms with Crippen molar-refractivity contribution in [2.45, 2.75) is 13.5 Å². The fourth-order valence-corrected chi connectivity index (χ4v) is 4.53. The van der Waals surface area contributed by atoms with Gasteiger partial charge in [0.1, 0.15) is 11.4 Å². The number of carbonyl (C=O) groups excluding carboxylic acids is 3. The summed E-state index contributed by atoms with van der Waals surface area (Å²) in [6, 6.07) is 19.9. The second-order valence-corrected chi connectivity index (χ2v) is 9.08. The topological polar surface area (TPSA) is 71.4 Å². The number of rotatable bonds is 4. The molecule has 1 aliphatic heterocycles. The van der Waals surface area contributed by atoms with Gasteiger partial charge in [0.15, 0.2) is 0 Å². The monoisotopic (exact) mass is 531 g/mol. The molecule has 1 fully saturated rings. The summed E-state index contributed by atoms with van der Waals surface area (Å²) >= 11 is 3.45. The minimum atomic E-state index is -0.919. The zero-order valence-electron chi connectivity index (χ0n) is 18.6. The van der Waals surface area contributed by atoms with Crippen molar-refractivity contribution in [3.8, 4) is 0 Å². The van der Waals surface area contributed by atoms with Gasteiger partial charge in [0, 0.05) is 33.2 Å². The minimum Gasteiger partial charge on any atom is -0.340 e. The van der Waals surface area contributed by atoms with Crippen molar-refractivity contribution in [3.05, 3.63) is 105 Å². The van der Waals surface area contributed by atoms with Crippen LogP contribution in [0.2, 0.25) is 0 Å². The first-order chi connectivity index (χ1) is 16.8. The maximum Gasteiger partial charge on any atom is 0.335 e. The Morgan fingerprint density at radius 3 is 2.46 bits per heavy atom. The van der Waals surface area contributed by atoms with E-state index in [1.54, 1.807) is 0 Å². The molecule has 1 saturated heterocycles.